The van der Waals surface area contributed by atoms with E-state index in [1.54, 1.807) is 25.4 Å². The number of hydrogen-bond acceptors (Lipinski definition) is 5. The molecule has 7 nitrogen and oxygen atoms in total. The second kappa shape index (κ2) is 11.6. The number of hydrogen-bond donors (Lipinski definition) is 2. The van der Waals surface area contributed by atoms with Crippen molar-refractivity contribution in [3.63, 3.8) is 0 Å². The fourth-order valence-corrected chi connectivity index (χ4v) is 3.01. The molecule has 1 unspecified atom stereocenters. The lowest BCUT2D eigenvalue weighted by molar-refractivity contribution is -0.127. The first-order valence-electron chi connectivity index (χ1n) is 8.30. The summed E-state index contributed by atoms with van der Waals surface area (Å²) in [5.41, 5.74) is 0. The van der Waals surface area contributed by atoms with Crippen molar-refractivity contribution in [1.29, 1.82) is 0 Å². The Balaban J connectivity index is 0.00000312. The van der Waals surface area contributed by atoms with Gasteiger partial charge >= 0.3 is 0 Å². The molecule has 0 saturated carbocycles. The Morgan fingerprint density at radius 1 is 1.44 bits per heavy atom. The summed E-state index contributed by atoms with van der Waals surface area (Å²) in [6.45, 7) is 4.25. The maximum absolute atomic E-state index is 11.8. The van der Waals surface area contributed by atoms with Crippen LogP contribution in [0.3, 0.4) is 0 Å². The van der Waals surface area contributed by atoms with Gasteiger partial charge in [0.1, 0.15) is 11.6 Å². The molecule has 0 aromatic carbocycles. The molecule has 1 aliphatic rings. The molecule has 142 valence electrons. The maximum atomic E-state index is 11.8. The van der Waals surface area contributed by atoms with E-state index in [1.165, 1.54) is 16.2 Å². The number of ether oxygens (including phenoxy) is 1. The Morgan fingerprint density at radius 3 is 2.84 bits per heavy atom. The van der Waals surface area contributed by atoms with Gasteiger partial charge in [-0.2, -0.15) is 0 Å². The van der Waals surface area contributed by atoms with Gasteiger partial charge in [0, 0.05) is 38.3 Å². The van der Waals surface area contributed by atoms with Gasteiger partial charge in [0.2, 0.25) is 5.91 Å². The van der Waals surface area contributed by atoms with Crippen LogP contribution in [0.2, 0.25) is 0 Å². The Labute approximate surface area is 170 Å². The summed E-state index contributed by atoms with van der Waals surface area (Å²) in [7, 11) is 3.46. The van der Waals surface area contributed by atoms with Crippen LogP contribution in [-0.2, 0) is 16.1 Å². The summed E-state index contributed by atoms with van der Waals surface area (Å²) in [4.78, 5) is 23.2. The average molecular weight is 481 g/mol. The molecule has 1 saturated heterocycles. The monoisotopic (exact) mass is 481 g/mol. The third kappa shape index (κ3) is 8.32. The topological polar surface area (TPSA) is 78.9 Å². The van der Waals surface area contributed by atoms with Crippen molar-refractivity contribution in [3.8, 4) is 0 Å². The van der Waals surface area contributed by atoms with E-state index in [0.29, 0.717) is 19.0 Å². The van der Waals surface area contributed by atoms with E-state index in [4.69, 9.17) is 4.74 Å². The third-order valence-electron chi connectivity index (χ3n) is 3.72. The fourth-order valence-electron chi connectivity index (χ4n) is 2.28. The van der Waals surface area contributed by atoms with Crippen LogP contribution in [0.25, 0.3) is 0 Å². The van der Waals surface area contributed by atoms with Crippen molar-refractivity contribution >= 4 is 47.2 Å². The number of rotatable bonds is 6. The molecule has 0 spiro atoms. The number of amides is 1. The van der Waals surface area contributed by atoms with Crippen molar-refractivity contribution in [2.45, 2.75) is 38.8 Å². The molecule has 1 atom stereocenters. The first-order chi connectivity index (χ1) is 11.5. The van der Waals surface area contributed by atoms with Gasteiger partial charge in [0.05, 0.1) is 12.6 Å². The van der Waals surface area contributed by atoms with Crippen LogP contribution in [0.5, 0.6) is 0 Å². The zero-order valence-electron chi connectivity index (χ0n) is 15.1. The number of carbonyl (C=O) groups is 1. The molecule has 0 bridgehead atoms. The Morgan fingerprint density at radius 2 is 2.24 bits per heavy atom. The standard InChI is InChI=1S/C16H27N5O2S.HI/c1-12-8-17-14(24-12)10-19-16(20-11-15(22)21(2)3)18-9-13-6-4-5-7-23-13;/h8,13H,4-7,9-11H2,1-3H3,(H2,18,19,20);1H. The molecule has 1 aliphatic heterocycles. The minimum absolute atomic E-state index is 0. The normalized spacial score (nSPS) is 17.6. The number of likely N-dealkylation sites (N-methyl/N-ethyl adjacent to an activating group) is 1. The first-order valence-corrected chi connectivity index (χ1v) is 9.11. The summed E-state index contributed by atoms with van der Waals surface area (Å²) in [5.74, 6) is 0.585. The van der Waals surface area contributed by atoms with Crippen LogP contribution < -0.4 is 10.6 Å². The largest absolute Gasteiger partial charge is 0.376 e. The highest BCUT2D eigenvalue weighted by Crippen LogP contribution is 2.12. The second-order valence-corrected chi connectivity index (χ2v) is 7.36. The molecule has 25 heavy (non-hydrogen) atoms. The number of halogens is 1. The second-order valence-electron chi connectivity index (χ2n) is 6.04. The zero-order valence-corrected chi connectivity index (χ0v) is 18.2. The summed E-state index contributed by atoms with van der Waals surface area (Å²) in [5, 5.41) is 7.52. The summed E-state index contributed by atoms with van der Waals surface area (Å²) in [6.07, 6.45) is 5.46. The number of aromatic nitrogens is 1. The van der Waals surface area contributed by atoms with Crippen LogP contribution in [0.4, 0.5) is 0 Å². The predicted molar refractivity (Wildman–Crippen MR) is 112 cm³/mol. The van der Waals surface area contributed by atoms with Crippen molar-refractivity contribution in [2.75, 3.05) is 33.8 Å². The first kappa shape index (κ1) is 22.1. The molecule has 1 fully saturated rings. The van der Waals surface area contributed by atoms with Crippen LogP contribution in [0, 0.1) is 6.92 Å². The molecule has 0 aliphatic carbocycles. The number of carbonyl (C=O) groups excluding carboxylic acids is 1. The summed E-state index contributed by atoms with van der Waals surface area (Å²) in [6, 6.07) is 0. The zero-order chi connectivity index (χ0) is 17.4. The quantitative estimate of drug-likeness (QED) is 0.368. The lowest BCUT2D eigenvalue weighted by Crippen LogP contribution is -2.43. The van der Waals surface area contributed by atoms with Gasteiger partial charge in [0.25, 0.3) is 0 Å². The van der Waals surface area contributed by atoms with Gasteiger partial charge in [-0.1, -0.05) is 0 Å². The number of guanidine groups is 1. The smallest absolute Gasteiger partial charge is 0.243 e. The minimum Gasteiger partial charge on any atom is -0.376 e. The maximum Gasteiger partial charge on any atom is 0.243 e. The van der Waals surface area contributed by atoms with Crippen LogP contribution in [0.1, 0.15) is 29.1 Å². The summed E-state index contributed by atoms with van der Waals surface area (Å²) < 4.78 is 5.73. The van der Waals surface area contributed by atoms with Crippen molar-refractivity contribution in [1.82, 2.24) is 20.5 Å². The number of aliphatic imine (C=N–C) groups is 1. The van der Waals surface area contributed by atoms with Gasteiger partial charge in [0.15, 0.2) is 5.96 Å². The van der Waals surface area contributed by atoms with Gasteiger partial charge in [-0.25, -0.2) is 9.98 Å². The molecular weight excluding hydrogens is 453 g/mol. The summed E-state index contributed by atoms with van der Waals surface area (Å²) >= 11 is 1.65. The van der Waals surface area contributed by atoms with Crippen molar-refractivity contribution in [3.05, 3.63) is 16.1 Å². The van der Waals surface area contributed by atoms with E-state index in [-0.39, 0.29) is 42.5 Å². The van der Waals surface area contributed by atoms with E-state index in [9.17, 15) is 4.79 Å². The van der Waals surface area contributed by atoms with Crippen LogP contribution in [0.15, 0.2) is 11.2 Å². The molecule has 1 aromatic rings. The molecule has 2 heterocycles. The molecule has 2 rings (SSSR count). The van der Waals surface area contributed by atoms with E-state index < -0.39 is 0 Å². The lowest BCUT2D eigenvalue weighted by atomic mass is 10.1. The van der Waals surface area contributed by atoms with Gasteiger partial charge in [-0.05, 0) is 26.2 Å². The van der Waals surface area contributed by atoms with Crippen LogP contribution in [-0.4, -0.2) is 61.6 Å². The average Bonchev–Trinajstić information content (AvgIpc) is 3.00. The highest BCUT2D eigenvalue weighted by atomic mass is 127. The minimum atomic E-state index is -0.0323. The number of nitrogens with zero attached hydrogens (tertiary/aromatic N) is 3. The highest BCUT2D eigenvalue weighted by Gasteiger charge is 2.14. The lowest BCUT2D eigenvalue weighted by Gasteiger charge is -2.23. The molecule has 0 radical (unpaired) electrons. The Bertz CT molecular complexity index is 558. The molecular formula is C16H28IN5O2S. The van der Waals surface area contributed by atoms with Gasteiger partial charge in [-0.3, -0.25) is 4.79 Å². The molecule has 1 amide bonds. The molecule has 9 heteroatoms. The highest BCUT2D eigenvalue weighted by molar-refractivity contribution is 14.0. The Hall–Kier alpha value is -0.940. The van der Waals surface area contributed by atoms with Gasteiger partial charge < -0.3 is 20.3 Å². The number of thiazole rings is 1. The third-order valence-corrected chi connectivity index (χ3v) is 4.63. The Kier molecular flexibility index (Phi) is 10.3. The van der Waals surface area contributed by atoms with Crippen molar-refractivity contribution in [2.24, 2.45) is 4.99 Å². The number of aryl methyl sites for hydroxylation is 1. The van der Waals surface area contributed by atoms with Crippen molar-refractivity contribution < 1.29 is 9.53 Å². The van der Waals surface area contributed by atoms with Gasteiger partial charge in [-0.15, -0.1) is 35.3 Å². The SMILES string of the molecule is Cc1cnc(CNC(=NCC(=O)N(C)C)NCC2CCCCO2)s1.I. The van der Waals surface area contributed by atoms with E-state index in [0.717, 1.165) is 24.5 Å². The fraction of sp³-hybridized carbons (Fsp3) is 0.688. The molecule has 2 N–H and O–H groups in total. The van der Waals surface area contributed by atoms with E-state index >= 15 is 0 Å². The van der Waals surface area contributed by atoms with Crippen LogP contribution >= 0.6 is 35.3 Å². The number of nitrogens with one attached hydrogen (secondary N) is 2. The molecule has 1 aromatic heterocycles. The van der Waals surface area contributed by atoms with E-state index in [2.05, 4.69) is 20.6 Å². The van der Waals surface area contributed by atoms with E-state index in [1.807, 2.05) is 13.1 Å². The predicted octanol–water partition coefficient (Wildman–Crippen LogP) is 1.76.